The molecule has 2 aromatic rings. The predicted molar refractivity (Wildman–Crippen MR) is 96.2 cm³/mol. The van der Waals surface area contributed by atoms with Crippen molar-refractivity contribution in [1.82, 2.24) is 0 Å². The zero-order valence-electron chi connectivity index (χ0n) is 14.7. The Hall–Kier alpha value is -1.96. The van der Waals surface area contributed by atoms with Gasteiger partial charge in [0, 0.05) is 5.41 Å². The minimum absolute atomic E-state index is 0.108. The summed E-state index contributed by atoms with van der Waals surface area (Å²) in [5.74, 6) is 1.94. The van der Waals surface area contributed by atoms with Crippen molar-refractivity contribution in [2.24, 2.45) is 5.92 Å². The van der Waals surface area contributed by atoms with Gasteiger partial charge in [-0.2, -0.15) is 0 Å². The van der Waals surface area contributed by atoms with Gasteiger partial charge in [0.2, 0.25) is 0 Å². The number of benzene rings is 2. The molecule has 124 valence electrons. The summed E-state index contributed by atoms with van der Waals surface area (Å²) in [6, 6.07) is 15.8. The summed E-state index contributed by atoms with van der Waals surface area (Å²) in [6.07, 6.45) is 2.29. The van der Waals surface area contributed by atoms with Gasteiger partial charge in [-0.3, -0.25) is 0 Å². The molecule has 0 fully saturated rings. The maximum absolute atomic E-state index is 9.45. The quantitative estimate of drug-likeness (QED) is 0.728. The van der Waals surface area contributed by atoms with E-state index in [9.17, 15) is 5.11 Å². The Kier molecular flexibility index (Phi) is 5.70. The van der Waals surface area contributed by atoms with Gasteiger partial charge in [-0.25, -0.2) is 0 Å². The highest BCUT2D eigenvalue weighted by atomic mass is 16.5. The van der Waals surface area contributed by atoms with Crippen LogP contribution >= 0.6 is 0 Å². The van der Waals surface area contributed by atoms with Crippen LogP contribution in [-0.2, 0) is 5.41 Å². The minimum Gasteiger partial charge on any atom is -0.508 e. The second kappa shape index (κ2) is 7.54. The molecule has 1 unspecified atom stereocenters. The van der Waals surface area contributed by atoms with E-state index < -0.39 is 0 Å². The molecular weight excluding hydrogens is 284 g/mol. The van der Waals surface area contributed by atoms with Crippen LogP contribution in [0, 0.1) is 5.92 Å². The molecule has 0 spiro atoms. The molecule has 0 saturated carbocycles. The van der Waals surface area contributed by atoms with Gasteiger partial charge in [-0.15, -0.1) is 0 Å². The van der Waals surface area contributed by atoms with Crippen LogP contribution in [0.1, 0.15) is 51.7 Å². The lowest BCUT2D eigenvalue weighted by Crippen LogP contribution is -2.18. The van der Waals surface area contributed by atoms with E-state index in [1.807, 2.05) is 24.3 Å². The Labute approximate surface area is 140 Å². The van der Waals surface area contributed by atoms with E-state index in [-0.39, 0.29) is 5.41 Å². The highest BCUT2D eigenvalue weighted by Gasteiger charge is 2.22. The largest absolute Gasteiger partial charge is 0.508 e. The normalized spacial score (nSPS) is 12.9. The van der Waals surface area contributed by atoms with Crippen LogP contribution in [0.4, 0.5) is 0 Å². The van der Waals surface area contributed by atoms with Crippen LogP contribution in [0.2, 0.25) is 0 Å². The zero-order chi connectivity index (χ0) is 16.9. The Morgan fingerprint density at radius 1 is 0.957 bits per heavy atom. The fourth-order valence-electron chi connectivity index (χ4n) is 2.59. The van der Waals surface area contributed by atoms with Crippen LogP contribution in [0.3, 0.4) is 0 Å². The van der Waals surface area contributed by atoms with Crippen molar-refractivity contribution in [3.63, 3.8) is 0 Å². The predicted octanol–water partition coefficient (Wildman–Crippen LogP) is 5.53. The van der Waals surface area contributed by atoms with Gasteiger partial charge in [0.05, 0.1) is 6.61 Å². The average Bonchev–Trinajstić information content (AvgIpc) is 2.55. The molecule has 0 heterocycles. The van der Waals surface area contributed by atoms with Gasteiger partial charge < -0.3 is 9.84 Å². The summed E-state index contributed by atoms with van der Waals surface area (Å²) in [7, 11) is 0. The van der Waals surface area contributed by atoms with Crippen molar-refractivity contribution < 1.29 is 9.84 Å². The zero-order valence-corrected chi connectivity index (χ0v) is 14.7. The molecule has 0 radical (unpaired) electrons. The number of ether oxygens (including phenoxy) is 1. The molecule has 2 heteroatoms. The van der Waals surface area contributed by atoms with Gasteiger partial charge in [-0.1, -0.05) is 58.4 Å². The first-order valence-corrected chi connectivity index (χ1v) is 8.46. The fourth-order valence-corrected chi connectivity index (χ4v) is 2.59. The van der Waals surface area contributed by atoms with Crippen molar-refractivity contribution in [1.29, 1.82) is 0 Å². The smallest absolute Gasteiger partial charge is 0.119 e. The Bertz CT molecular complexity index is 597. The monoisotopic (exact) mass is 312 g/mol. The molecule has 2 rings (SSSR count). The summed E-state index contributed by atoms with van der Waals surface area (Å²) in [4.78, 5) is 0. The third-order valence-corrected chi connectivity index (χ3v) is 4.74. The number of phenolic OH excluding ortho intramolecular Hbond substituents is 1. The molecule has 0 bridgehead atoms. The van der Waals surface area contributed by atoms with E-state index in [0.717, 1.165) is 18.8 Å². The molecule has 0 amide bonds. The van der Waals surface area contributed by atoms with E-state index in [4.69, 9.17) is 4.74 Å². The van der Waals surface area contributed by atoms with Crippen LogP contribution in [0.5, 0.6) is 11.5 Å². The van der Waals surface area contributed by atoms with Gasteiger partial charge in [0.1, 0.15) is 11.5 Å². The summed E-state index contributed by atoms with van der Waals surface area (Å²) in [6.45, 7) is 9.63. The molecule has 1 atom stereocenters. The molecular formula is C21H28O2. The Morgan fingerprint density at radius 3 is 2.00 bits per heavy atom. The Balaban J connectivity index is 2.04. The molecule has 0 aliphatic heterocycles. The standard InChI is InChI=1S/C21H28O2/c1-5-16(2)14-15-23-20-12-8-18(9-13-20)21(3,4)17-6-10-19(22)11-7-17/h6-13,16,22H,5,14-15H2,1-4H3. The number of hydrogen-bond donors (Lipinski definition) is 1. The lowest BCUT2D eigenvalue weighted by atomic mass is 9.78. The average molecular weight is 312 g/mol. The lowest BCUT2D eigenvalue weighted by Gasteiger charge is -2.26. The van der Waals surface area contributed by atoms with E-state index in [2.05, 4.69) is 39.8 Å². The van der Waals surface area contributed by atoms with Gasteiger partial charge in [-0.05, 0) is 47.7 Å². The van der Waals surface area contributed by atoms with Gasteiger partial charge in [0.25, 0.3) is 0 Å². The van der Waals surface area contributed by atoms with Crippen molar-refractivity contribution in [2.45, 2.75) is 46.0 Å². The fraction of sp³-hybridized carbons (Fsp3) is 0.429. The molecule has 0 aliphatic carbocycles. The molecule has 0 aromatic heterocycles. The molecule has 23 heavy (non-hydrogen) atoms. The number of phenols is 1. The van der Waals surface area contributed by atoms with Crippen LogP contribution in [0.25, 0.3) is 0 Å². The molecule has 2 aromatic carbocycles. The highest BCUT2D eigenvalue weighted by Crippen LogP contribution is 2.33. The molecule has 2 nitrogen and oxygen atoms in total. The first-order valence-electron chi connectivity index (χ1n) is 8.46. The molecule has 0 aliphatic rings. The SMILES string of the molecule is CCC(C)CCOc1ccc(C(C)(C)c2ccc(O)cc2)cc1. The maximum atomic E-state index is 9.45. The van der Waals surface area contributed by atoms with E-state index in [0.29, 0.717) is 11.7 Å². The second-order valence-corrected chi connectivity index (χ2v) is 6.85. The number of rotatable bonds is 7. The van der Waals surface area contributed by atoms with E-state index in [1.54, 1.807) is 12.1 Å². The van der Waals surface area contributed by atoms with Crippen molar-refractivity contribution >= 4 is 0 Å². The molecule has 1 N–H and O–H groups in total. The van der Waals surface area contributed by atoms with Gasteiger partial charge in [0.15, 0.2) is 0 Å². The summed E-state index contributed by atoms with van der Waals surface area (Å²) >= 11 is 0. The highest BCUT2D eigenvalue weighted by molar-refractivity contribution is 5.41. The summed E-state index contributed by atoms with van der Waals surface area (Å²) in [5.41, 5.74) is 2.31. The van der Waals surface area contributed by atoms with E-state index >= 15 is 0 Å². The Morgan fingerprint density at radius 2 is 1.48 bits per heavy atom. The number of aromatic hydroxyl groups is 1. The molecule has 0 saturated heterocycles. The van der Waals surface area contributed by atoms with Crippen molar-refractivity contribution in [2.75, 3.05) is 6.61 Å². The summed E-state index contributed by atoms with van der Waals surface area (Å²) < 4.78 is 5.83. The van der Waals surface area contributed by atoms with Crippen molar-refractivity contribution in [3.8, 4) is 11.5 Å². The third-order valence-electron chi connectivity index (χ3n) is 4.74. The van der Waals surface area contributed by atoms with Crippen LogP contribution in [0.15, 0.2) is 48.5 Å². The van der Waals surface area contributed by atoms with Crippen molar-refractivity contribution in [3.05, 3.63) is 59.7 Å². The van der Waals surface area contributed by atoms with Crippen LogP contribution < -0.4 is 4.74 Å². The third kappa shape index (κ3) is 4.51. The van der Waals surface area contributed by atoms with Gasteiger partial charge >= 0.3 is 0 Å². The summed E-state index contributed by atoms with van der Waals surface area (Å²) in [5, 5.41) is 9.45. The topological polar surface area (TPSA) is 29.5 Å². The van der Waals surface area contributed by atoms with E-state index in [1.165, 1.54) is 17.5 Å². The maximum Gasteiger partial charge on any atom is 0.119 e. The first kappa shape index (κ1) is 17.4. The minimum atomic E-state index is -0.108. The van der Waals surface area contributed by atoms with Crippen LogP contribution in [-0.4, -0.2) is 11.7 Å². The number of hydrogen-bond acceptors (Lipinski definition) is 2. The lowest BCUT2D eigenvalue weighted by molar-refractivity contribution is 0.281. The first-order chi connectivity index (χ1) is 10.9. The second-order valence-electron chi connectivity index (χ2n) is 6.85.